The van der Waals surface area contributed by atoms with E-state index in [-0.39, 0.29) is 12.4 Å². The highest BCUT2D eigenvalue weighted by molar-refractivity contribution is 5.24. The second-order valence-electron chi connectivity index (χ2n) is 3.98. The third-order valence-corrected chi connectivity index (χ3v) is 2.50. The average molecular weight is 268 g/mol. The maximum atomic E-state index is 12.9. The largest absolute Gasteiger partial charge is 0.490 e. The summed E-state index contributed by atoms with van der Waals surface area (Å²) in [6, 6.07) is 8.00. The van der Waals surface area contributed by atoms with Crippen LogP contribution in [0, 0.1) is 17.5 Å². The zero-order chi connectivity index (χ0) is 13.8. The number of benzene rings is 2. The zero-order valence-corrected chi connectivity index (χ0v) is 9.82. The monoisotopic (exact) mass is 268 g/mol. The molecular weight excluding hydrogens is 257 g/mol. The number of aliphatic hydroxyl groups excluding tert-OH is 1. The van der Waals surface area contributed by atoms with Crippen molar-refractivity contribution < 1.29 is 23.0 Å². The van der Waals surface area contributed by atoms with Crippen LogP contribution in [0.1, 0.15) is 11.7 Å². The number of aliphatic hydroxyl groups is 1. The minimum atomic E-state index is -1.01. The van der Waals surface area contributed by atoms with Crippen LogP contribution in [0.5, 0.6) is 5.75 Å². The van der Waals surface area contributed by atoms with Crippen molar-refractivity contribution in [3.05, 3.63) is 65.5 Å². The van der Waals surface area contributed by atoms with Crippen LogP contribution in [-0.2, 0) is 0 Å². The van der Waals surface area contributed by atoms with Crippen molar-refractivity contribution in [1.82, 2.24) is 0 Å². The molecule has 0 saturated carbocycles. The lowest BCUT2D eigenvalue weighted by molar-refractivity contribution is 0.107. The van der Waals surface area contributed by atoms with Gasteiger partial charge in [0.15, 0.2) is 0 Å². The molecule has 2 rings (SSSR count). The first-order chi connectivity index (χ1) is 9.04. The van der Waals surface area contributed by atoms with Gasteiger partial charge in [-0.3, -0.25) is 0 Å². The van der Waals surface area contributed by atoms with E-state index in [1.165, 1.54) is 24.3 Å². The van der Waals surface area contributed by atoms with Crippen molar-refractivity contribution in [3.63, 3.8) is 0 Å². The first kappa shape index (κ1) is 13.4. The Kier molecular flexibility index (Phi) is 4.06. The lowest BCUT2D eigenvalue weighted by Gasteiger charge is -2.12. The Balaban J connectivity index is 1.99. The van der Waals surface area contributed by atoms with Gasteiger partial charge in [0.05, 0.1) is 0 Å². The third kappa shape index (κ3) is 3.72. The number of halogens is 3. The molecule has 0 aliphatic carbocycles. The maximum Gasteiger partial charge on any atom is 0.129 e. The molecule has 0 bridgehead atoms. The van der Waals surface area contributed by atoms with Gasteiger partial charge in [0, 0.05) is 18.2 Å². The third-order valence-electron chi connectivity index (χ3n) is 2.50. The standard InChI is InChI=1S/C14H11F3O2/c15-10-3-1-9(2-4-10)14(18)8-19-13-6-11(16)5-12(17)7-13/h1-7,14,18H,8H2. The van der Waals surface area contributed by atoms with Gasteiger partial charge in [-0.05, 0) is 17.7 Å². The Labute approximate surface area is 108 Å². The summed E-state index contributed by atoms with van der Waals surface area (Å²) in [6.45, 7) is -0.186. The van der Waals surface area contributed by atoms with E-state index in [1.807, 2.05) is 0 Å². The van der Waals surface area contributed by atoms with Gasteiger partial charge in [-0.2, -0.15) is 0 Å². The van der Waals surface area contributed by atoms with Crippen molar-refractivity contribution in [2.45, 2.75) is 6.10 Å². The van der Waals surface area contributed by atoms with Crippen molar-refractivity contribution in [2.75, 3.05) is 6.61 Å². The number of hydrogen-bond acceptors (Lipinski definition) is 2. The summed E-state index contributed by atoms with van der Waals surface area (Å²) in [5.41, 5.74) is 0.457. The van der Waals surface area contributed by atoms with E-state index in [2.05, 4.69) is 0 Å². The first-order valence-electron chi connectivity index (χ1n) is 5.57. The molecule has 2 aromatic rings. The van der Waals surface area contributed by atoms with Crippen LogP contribution >= 0.6 is 0 Å². The highest BCUT2D eigenvalue weighted by atomic mass is 19.1. The molecular formula is C14H11F3O2. The van der Waals surface area contributed by atoms with Crippen LogP contribution in [0.15, 0.2) is 42.5 Å². The molecule has 1 unspecified atom stereocenters. The van der Waals surface area contributed by atoms with Crippen molar-refractivity contribution >= 4 is 0 Å². The molecule has 5 heteroatoms. The molecule has 100 valence electrons. The van der Waals surface area contributed by atoms with Crippen LogP contribution in [0.25, 0.3) is 0 Å². The molecule has 0 saturated heterocycles. The number of rotatable bonds is 4. The molecule has 1 atom stereocenters. The van der Waals surface area contributed by atoms with E-state index < -0.39 is 23.6 Å². The summed E-state index contributed by atoms with van der Waals surface area (Å²) in [5.74, 6) is -1.94. The number of ether oxygens (including phenoxy) is 1. The summed E-state index contributed by atoms with van der Waals surface area (Å²) in [4.78, 5) is 0. The van der Waals surface area contributed by atoms with Gasteiger partial charge in [0.2, 0.25) is 0 Å². The maximum absolute atomic E-state index is 12.9. The van der Waals surface area contributed by atoms with E-state index in [0.717, 1.165) is 18.2 Å². The fraction of sp³-hybridized carbons (Fsp3) is 0.143. The zero-order valence-electron chi connectivity index (χ0n) is 9.82. The van der Waals surface area contributed by atoms with Crippen molar-refractivity contribution in [3.8, 4) is 5.75 Å². The summed E-state index contributed by atoms with van der Waals surface area (Å²) >= 11 is 0. The van der Waals surface area contributed by atoms with Crippen LogP contribution in [0.4, 0.5) is 13.2 Å². The van der Waals surface area contributed by atoms with Gasteiger partial charge in [-0.15, -0.1) is 0 Å². The highest BCUT2D eigenvalue weighted by Crippen LogP contribution is 2.19. The van der Waals surface area contributed by atoms with E-state index in [1.54, 1.807) is 0 Å². The van der Waals surface area contributed by atoms with Crippen LogP contribution in [-0.4, -0.2) is 11.7 Å². The average Bonchev–Trinajstić information content (AvgIpc) is 2.36. The van der Waals surface area contributed by atoms with Crippen LogP contribution in [0.2, 0.25) is 0 Å². The Morgan fingerprint density at radius 2 is 1.47 bits per heavy atom. The molecule has 19 heavy (non-hydrogen) atoms. The fourth-order valence-electron chi connectivity index (χ4n) is 1.57. The summed E-state index contributed by atoms with van der Waals surface area (Å²) in [6.07, 6.45) is -1.01. The molecule has 0 amide bonds. The molecule has 0 fully saturated rings. The van der Waals surface area contributed by atoms with Crippen molar-refractivity contribution in [1.29, 1.82) is 0 Å². The predicted molar refractivity (Wildman–Crippen MR) is 63.2 cm³/mol. The lowest BCUT2D eigenvalue weighted by Crippen LogP contribution is -2.10. The molecule has 2 aromatic carbocycles. The quantitative estimate of drug-likeness (QED) is 0.922. The molecule has 0 aromatic heterocycles. The molecule has 0 spiro atoms. The van der Waals surface area contributed by atoms with E-state index in [0.29, 0.717) is 5.56 Å². The lowest BCUT2D eigenvalue weighted by atomic mass is 10.1. The van der Waals surface area contributed by atoms with Crippen molar-refractivity contribution in [2.24, 2.45) is 0 Å². The van der Waals surface area contributed by atoms with Crippen LogP contribution in [0.3, 0.4) is 0 Å². The van der Waals surface area contributed by atoms with Gasteiger partial charge in [0.1, 0.15) is 35.9 Å². The van der Waals surface area contributed by atoms with Crippen LogP contribution < -0.4 is 4.74 Å². The normalized spacial score (nSPS) is 12.2. The van der Waals surface area contributed by atoms with E-state index >= 15 is 0 Å². The molecule has 0 aliphatic rings. The molecule has 0 aliphatic heterocycles. The predicted octanol–water partition coefficient (Wildman–Crippen LogP) is 3.22. The minimum absolute atomic E-state index is 0.0151. The molecule has 0 heterocycles. The molecule has 2 nitrogen and oxygen atoms in total. The Hall–Kier alpha value is -2.01. The second-order valence-corrected chi connectivity index (χ2v) is 3.98. The smallest absolute Gasteiger partial charge is 0.129 e. The van der Waals surface area contributed by atoms with Gasteiger partial charge < -0.3 is 9.84 Å². The summed E-state index contributed by atoms with van der Waals surface area (Å²) < 4.78 is 43.6. The Bertz CT molecular complexity index is 535. The summed E-state index contributed by atoms with van der Waals surface area (Å²) in [7, 11) is 0. The summed E-state index contributed by atoms with van der Waals surface area (Å²) in [5, 5.41) is 9.78. The Morgan fingerprint density at radius 3 is 2.05 bits per heavy atom. The fourth-order valence-corrected chi connectivity index (χ4v) is 1.57. The minimum Gasteiger partial charge on any atom is -0.490 e. The van der Waals surface area contributed by atoms with E-state index in [4.69, 9.17) is 4.74 Å². The topological polar surface area (TPSA) is 29.5 Å². The van der Waals surface area contributed by atoms with Gasteiger partial charge in [-0.25, -0.2) is 13.2 Å². The highest BCUT2D eigenvalue weighted by Gasteiger charge is 2.09. The first-order valence-corrected chi connectivity index (χ1v) is 5.57. The number of hydrogen-bond donors (Lipinski definition) is 1. The van der Waals surface area contributed by atoms with E-state index in [9.17, 15) is 18.3 Å². The second kappa shape index (κ2) is 5.75. The SMILES string of the molecule is OC(COc1cc(F)cc(F)c1)c1ccc(F)cc1. The van der Waals surface area contributed by atoms with Gasteiger partial charge >= 0.3 is 0 Å². The van der Waals surface area contributed by atoms with Gasteiger partial charge in [-0.1, -0.05) is 12.1 Å². The molecule has 1 N–H and O–H groups in total. The van der Waals surface area contributed by atoms with Gasteiger partial charge in [0.25, 0.3) is 0 Å². The molecule has 0 radical (unpaired) electrons. The Morgan fingerprint density at radius 1 is 0.895 bits per heavy atom.